The molecule has 0 saturated carbocycles. The molecule has 1 aromatic rings. The van der Waals surface area contributed by atoms with Crippen molar-refractivity contribution in [1.29, 1.82) is 5.26 Å². The molecule has 17 heavy (non-hydrogen) atoms. The maximum absolute atomic E-state index is 11.3. The van der Waals surface area contributed by atoms with Crippen LogP contribution in [0, 0.1) is 11.3 Å². The van der Waals surface area contributed by atoms with E-state index in [0.29, 0.717) is 17.9 Å². The van der Waals surface area contributed by atoms with Crippen LogP contribution in [-0.4, -0.2) is 24.0 Å². The highest BCUT2D eigenvalue weighted by Gasteiger charge is 2.03. The second kappa shape index (κ2) is 6.71. The normalized spacial score (nSPS) is 9.47. The minimum Gasteiger partial charge on any atom is -0.361 e. The largest absolute Gasteiger partial charge is 0.361 e. The monoisotopic (exact) mass is 252 g/mol. The van der Waals surface area contributed by atoms with Gasteiger partial charge in [0.2, 0.25) is 5.91 Å². The lowest BCUT2D eigenvalue weighted by Gasteiger charge is -2.06. The van der Waals surface area contributed by atoms with Gasteiger partial charge in [0.25, 0.3) is 0 Å². The Balaban J connectivity index is 2.55. The first kappa shape index (κ1) is 13.3. The molecule has 1 rings (SSSR count). The van der Waals surface area contributed by atoms with E-state index in [0.717, 1.165) is 6.42 Å². The molecular weight excluding hydrogens is 240 g/mol. The Morgan fingerprint density at radius 1 is 1.59 bits per heavy atom. The fraction of sp³-hybridized carbons (Fsp3) is 0.364. The number of aromatic nitrogens is 1. The van der Waals surface area contributed by atoms with Crippen LogP contribution in [0.2, 0.25) is 5.15 Å². The Bertz CT molecular complexity index is 442. The first-order valence-corrected chi connectivity index (χ1v) is 5.61. The Kier molecular flexibility index (Phi) is 5.24. The van der Waals surface area contributed by atoms with Gasteiger partial charge in [0.15, 0.2) is 0 Å². The first-order valence-electron chi connectivity index (χ1n) is 5.24. The van der Waals surface area contributed by atoms with E-state index in [9.17, 15) is 4.79 Å². The standard InChI is InChI=1S/C11H13ClN4O/c1-2-3-14-11(17)7-15-10-5-8(6-13)4-9(12)16-10/h4-5H,2-3,7H2,1H3,(H,14,17)(H,15,16). The number of rotatable bonds is 5. The van der Waals surface area contributed by atoms with Crippen molar-refractivity contribution in [2.24, 2.45) is 0 Å². The van der Waals surface area contributed by atoms with Crippen LogP contribution in [0.5, 0.6) is 0 Å². The minimum absolute atomic E-state index is 0.109. The number of nitriles is 1. The van der Waals surface area contributed by atoms with Crippen LogP contribution < -0.4 is 10.6 Å². The van der Waals surface area contributed by atoms with Gasteiger partial charge in [0.1, 0.15) is 11.0 Å². The third kappa shape index (κ3) is 4.70. The van der Waals surface area contributed by atoms with Gasteiger partial charge < -0.3 is 10.6 Å². The van der Waals surface area contributed by atoms with Crippen molar-refractivity contribution in [1.82, 2.24) is 10.3 Å². The molecule has 0 aromatic carbocycles. The van der Waals surface area contributed by atoms with Crippen LogP contribution in [0.3, 0.4) is 0 Å². The average Bonchev–Trinajstić information content (AvgIpc) is 2.33. The molecule has 1 heterocycles. The number of pyridine rings is 1. The molecule has 2 N–H and O–H groups in total. The summed E-state index contributed by atoms with van der Waals surface area (Å²) < 4.78 is 0. The first-order chi connectivity index (χ1) is 8.15. The zero-order valence-electron chi connectivity index (χ0n) is 9.46. The van der Waals surface area contributed by atoms with Crippen molar-refractivity contribution >= 4 is 23.3 Å². The molecule has 0 atom stereocenters. The Hall–Kier alpha value is -1.80. The van der Waals surface area contributed by atoms with Crippen LogP contribution >= 0.6 is 11.6 Å². The molecule has 0 saturated heterocycles. The summed E-state index contributed by atoms with van der Waals surface area (Å²) in [7, 11) is 0. The van der Waals surface area contributed by atoms with Crippen molar-refractivity contribution < 1.29 is 4.79 Å². The van der Waals surface area contributed by atoms with Crippen LogP contribution in [0.1, 0.15) is 18.9 Å². The second-order valence-corrected chi connectivity index (χ2v) is 3.77. The summed E-state index contributed by atoms with van der Waals surface area (Å²) in [6.07, 6.45) is 0.889. The number of hydrogen-bond donors (Lipinski definition) is 2. The van der Waals surface area contributed by atoms with Crippen molar-refractivity contribution in [3.8, 4) is 6.07 Å². The smallest absolute Gasteiger partial charge is 0.239 e. The SMILES string of the molecule is CCCNC(=O)CNc1cc(C#N)cc(Cl)n1. The third-order valence-corrected chi connectivity index (χ3v) is 2.12. The zero-order valence-corrected chi connectivity index (χ0v) is 10.2. The van der Waals surface area contributed by atoms with Crippen molar-refractivity contribution in [2.45, 2.75) is 13.3 Å². The fourth-order valence-electron chi connectivity index (χ4n) is 1.15. The topological polar surface area (TPSA) is 77.8 Å². The highest BCUT2D eigenvalue weighted by molar-refractivity contribution is 6.29. The molecule has 0 aliphatic heterocycles. The lowest BCUT2D eigenvalue weighted by Crippen LogP contribution is -2.30. The highest BCUT2D eigenvalue weighted by atomic mass is 35.5. The number of nitrogens with zero attached hydrogens (tertiary/aromatic N) is 2. The van der Waals surface area contributed by atoms with Crippen molar-refractivity contribution in [3.63, 3.8) is 0 Å². The van der Waals surface area contributed by atoms with Gasteiger partial charge >= 0.3 is 0 Å². The Morgan fingerprint density at radius 3 is 3.00 bits per heavy atom. The van der Waals surface area contributed by atoms with E-state index in [1.807, 2.05) is 13.0 Å². The molecule has 5 nitrogen and oxygen atoms in total. The number of hydrogen-bond acceptors (Lipinski definition) is 4. The Labute approximate surface area is 105 Å². The van der Waals surface area contributed by atoms with Gasteiger partial charge in [0.05, 0.1) is 18.2 Å². The van der Waals surface area contributed by atoms with Gasteiger partial charge in [-0.1, -0.05) is 18.5 Å². The number of halogens is 1. The summed E-state index contributed by atoms with van der Waals surface area (Å²) in [6.45, 7) is 2.73. The maximum atomic E-state index is 11.3. The minimum atomic E-state index is -0.118. The lowest BCUT2D eigenvalue weighted by molar-refractivity contribution is -0.119. The van der Waals surface area contributed by atoms with Gasteiger partial charge in [-0.25, -0.2) is 4.98 Å². The molecule has 0 unspecified atom stereocenters. The van der Waals surface area contributed by atoms with E-state index in [-0.39, 0.29) is 17.6 Å². The number of carbonyl (C=O) groups excluding carboxylic acids is 1. The molecule has 0 spiro atoms. The summed E-state index contributed by atoms with van der Waals surface area (Å²) in [5.74, 6) is 0.299. The Morgan fingerprint density at radius 2 is 2.35 bits per heavy atom. The van der Waals surface area contributed by atoms with Gasteiger partial charge in [-0.05, 0) is 18.6 Å². The van der Waals surface area contributed by atoms with Gasteiger partial charge in [-0.3, -0.25) is 4.79 Å². The van der Waals surface area contributed by atoms with Crippen LogP contribution in [0.4, 0.5) is 5.82 Å². The summed E-state index contributed by atoms with van der Waals surface area (Å²) in [5.41, 5.74) is 0.404. The van der Waals surface area contributed by atoms with Gasteiger partial charge in [-0.15, -0.1) is 0 Å². The quantitative estimate of drug-likeness (QED) is 0.780. The predicted molar refractivity (Wildman–Crippen MR) is 65.8 cm³/mol. The van der Waals surface area contributed by atoms with Gasteiger partial charge in [0, 0.05) is 6.54 Å². The third-order valence-electron chi connectivity index (χ3n) is 1.93. The summed E-state index contributed by atoms with van der Waals surface area (Å²) in [4.78, 5) is 15.3. The van der Waals surface area contributed by atoms with E-state index >= 15 is 0 Å². The number of carbonyl (C=O) groups is 1. The second-order valence-electron chi connectivity index (χ2n) is 3.38. The van der Waals surface area contributed by atoms with E-state index in [2.05, 4.69) is 15.6 Å². The number of nitrogens with one attached hydrogen (secondary N) is 2. The average molecular weight is 253 g/mol. The summed E-state index contributed by atoms with van der Waals surface area (Å²) in [6, 6.07) is 4.97. The number of anilines is 1. The molecule has 0 fully saturated rings. The van der Waals surface area contributed by atoms with E-state index < -0.39 is 0 Å². The molecule has 0 aliphatic rings. The van der Waals surface area contributed by atoms with E-state index in [1.165, 1.54) is 6.07 Å². The molecule has 0 aliphatic carbocycles. The number of amides is 1. The van der Waals surface area contributed by atoms with Crippen LogP contribution in [0.25, 0.3) is 0 Å². The van der Waals surface area contributed by atoms with Gasteiger partial charge in [-0.2, -0.15) is 5.26 Å². The zero-order chi connectivity index (χ0) is 12.7. The summed E-state index contributed by atoms with van der Waals surface area (Å²) in [5, 5.41) is 14.5. The molecule has 6 heteroatoms. The van der Waals surface area contributed by atoms with Crippen LogP contribution in [-0.2, 0) is 4.79 Å². The van der Waals surface area contributed by atoms with Crippen molar-refractivity contribution in [3.05, 3.63) is 22.8 Å². The lowest BCUT2D eigenvalue weighted by atomic mass is 10.3. The molecule has 0 bridgehead atoms. The molecule has 1 amide bonds. The predicted octanol–water partition coefficient (Wildman–Crippen LogP) is 1.54. The molecule has 0 radical (unpaired) electrons. The van der Waals surface area contributed by atoms with Crippen molar-refractivity contribution in [2.75, 3.05) is 18.4 Å². The summed E-state index contributed by atoms with van der Waals surface area (Å²) >= 11 is 5.72. The molecular formula is C11H13ClN4O. The highest BCUT2D eigenvalue weighted by Crippen LogP contribution is 2.13. The maximum Gasteiger partial charge on any atom is 0.239 e. The van der Waals surface area contributed by atoms with Crippen LogP contribution in [0.15, 0.2) is 12.1 Å². The van der Waals surface area contributed by atoms with E-state index in [4.69, 9.17) is 16.9 Å². The fourth-order valence-corrected chi connectivity index (χ4v) is 1.36. The molecule has 1 aromatic heterocycles. The van der Waals surface area contributed by atoms with E-state index in [1.54, 1.807) is 6.07 Å². The molecule has 90 valence electrons.